The molecule has 2 bridgehead atoms. The normalized spacial score (nSPS) is 38.0. The first-order valence-electron chi connectivity index (χ1n) is 10.3. The number of hydrogen-bond donors (Lipinski definition) is 2. The van der Waals surface area contributed by atoms with Crippen LogP contribution < -0.4 is 10.6 Å². The lowest BCUT2D eigenvalue weighted by atomic mass is 9.81. The first kappa shape index (κ1) is 18.0. The van der Waals surface area contributed by atoms with Crippen molar-refractivity contribution in [2.45, 2.75) is 89.3 Å². The summed E-state index contributed by atoms with van der Waals surface area (Å²) in [5.41, 5.74) is 0. The van der Waals surface area contributed by atoms with E-state index >= 15 is 0 Å². The molecule has 138 valence electrons. The SMILES string of the molecule is CN=C(NCCC1CCCC(C)C1)NC1CC2CCCC(C1)N2C. The topological polar surface area (TPSA) is 39.7 Å². The van der Waals surface area contributed by atoms with E-state index in [0.717, 1.165) is 36.4 Å². The first-order valence-corrected chi connectivity index (χ1v) is 10.3. The lowest BCUT2D eigenvalue weighted by Crippen LogP contribution is -2.56. The molecule has 4 nitrogen and oxygen atoms in total. The summed E-state index contributed by atoms with van der Waals surface area (Å²) in [6.07, 6.45) is 13.7. The molecule has 24 heavy (non-hydrogen) atoms. The zero-order valence-corrected chi connectivity index (χ0v) is 16.1. The molecular formula is C20H38N4. The van der Waals surface area contributed by atoms with E-state index < -0.39 is 0 Å². The van der Waals surface area contributed by atoms with Gasteiger partial charge < -0.3 is 15.5 Å². The Morgan fingerprint density at radius 2 is 1.75 bits per heavy atom. The fraction of sp³-hybridized carbons (Fsp3) is 0.950. The van der Waals surface area contributed by atoms with Crippen molar-refractivity contribution in [2.24, 2.45) is 16.8 Å². The standard InChI is InChI=1S/C20H38N4/c1-15-6-4-7-16(12-15)10-11-22-20(21-2)23-17-13-18-8-5-9-19(14-17)24(18)3/h15-19H,4-14H2,1-3H3,(H2,21,22,23). The highest BCUT2D eigenvalue weighted by molar-refractivity contribution is 5.79. The third-order valence-corrected chi connectivity index (χ3v) is 6.79. The van der Waals surface area contributed by atoms with Crippen LogP contribution >= 0.6 is 0 Å². The van der Waals surface area contributed by atoms with E-state index in [2.05, 4.69) is 34.5 Å². The summed E-state index contributed by atoms with van der Waals surface area (Å²) in [5, 5.41) is 7.29. The summed E-state index contributed by atoms with van der Waals surface area (Å²) in [7, 11) is 4.23. The largest absolute Gasteiger partial charge is 0.356 e. The van der Waals surface area contributed by atoms with Gasteiger partial charge >= 0.3 is 0 Å². The Hall–Kier alpha value is -0.770. The summed E-state index contributed by atoms with van der Waals surface area (Å²) < 4.78 is 0. The Morgan fingerprint density at radius 3 is 2.42 bits per heavy atom. The van der Waals surface area contributed by atoms with Gasteiger partial charge in [-0.25, -0.2) is 0 Å². The Bertz CT molecular complexity index is 408. The molecule has 3 fully saturated rings. The molecule has 4 unspecified atom stereocenters. The average molecular weight is 335 g/mol. The summed E-state index contributed by atoms with van der Waals surface area (Å²) in [6.45, 7) is 3.48. The Kier molecular flexibility index (Phi) is 6.43. The third-order valence-electron chi connectivity index (χ3n) is 6.79. The molecule has 4 heteroatoms. The molecule has 2 N–H and O–H groups in total. The first-order chi connectivity index (χ1) is 11.7. The molecule has 0 aromatic carbocycles. The van der Waals surface area contributed by atoms with Crippen molar-refractivity contribution in [1.29, 1.82) is 0 Å². The molecule has 2 saturated heterocycles. The Morgan fingerprint density at radius 1 is 1.04 bits per heavy atom. The van der Waals surface area contributed by atoms with Crippen molar-refractivity contribution < 1.29 is 0 Å². The maximum atomic E-state index is 4.47. The van der Waals surface area contributed by atoms with E-state index in [0.29, 0.717) is 6.04 Å². The summed E-state index contributed by atoms with van der Waals surface area (Å²) in [6, 6.07) is 2.14. The number of hydrogen-bond acceptors (Lipinski definition) is 2. The van der Waals surface area contributed by atoms with Gasteiger partial charge in [-0.05, 0) is 57.4 Å². The van der Waals surface area contributed by atoms with Crippen LogP contribution in [-0.2, 0) is 0 Å². The highest BCUT2D eigenvalue weighted by atomic mass is 15.2. The number of guanidine groups is 1. The van der Waals surface area contributed by atoms with Crippen molar-refractivity contribution in [2.75, 3.05) is 20.6 Å². The van der Waals surface area contributed by atoms with E-state index in [-0.39, 0.29) is 0 Å². The monoisotopic (exact) mass is 334 g/mol. The van der Waals surface area contributed by atoms with Crippen LogP contribution in [-0.4, -0.2) is 49.6 Å². The van der Waals surface area contributed by atoms with Crippen LogP contribution in [0.1, 0.15) is 71.1 Å². The van der Waals surface area contributed by atoms with Gasteiger partial charge in [-0.15, -0.1) is 0 Å². The predicted octanol–water partition coefficient (Wildman–Crippen LogP) is 3.38. The van der Waals surface area contributed by atoms with Gasteiger partial charge in [0.05, 0.1) is 0 Å². The van der Waals surface area contributed by atoms with E-state index in [4.69, 9.17) is 0 Å². The Balaban J connectivity index is 1.40. The fourth-order valence-corrected chi connectivity index (χ4v) is 5.34. The third kappa shape index (κ3) is 4.65. The van der Waals surface area contributed by atoms with E-state index in [1.165, 1.54) is 64.2 Å². The van der Waals surface area contributed by atoms with Gasteiger partial charge in [-0.3, -0.25) is 4.99 Å². The minimum atomic E-state index is 0.595. The highest BCUT2D eigenvalue weighted by Gasteiger charge is 2.36. The fourth-order valence-electron chi connectivity index (χ4n) is 5.34. The lowest BCUT2D eigenvalue weighted by Gasteiger charge is -2.47. The van der Waals surface area contributed by atoms with E-state index in [1.54, 1.807) is 0 Å². The molecule has 0 amide bonds. The maximum absolute atomic E-state index is 4.47. The quantitative estimate of drug-likeness (QED) is 0.611. The van der Waals surface area contributed by atoms with Gasteiger partial charge in [0, 0.05) is 31.7 Å². The number of nitrogens with zero attached hydrogens (tertiary/aromatic N) is 2. The second kappa shape index (κ2) is 8.55. The average Bonchev–Trinajstić information content (AvgIpc) is 2.55. The number of aliphatic imine (C=N–C) groups is 1. The highest BCUT2D eigenvalue weighted by Crippen LogP contribution is 2.32. The smallest absolute Gasteiger partial charge is 0.191 e. The minimum Gasteiger partial charge on any atom is -0.356 e. The van der Waals surface area contributed by atoms with Gasteiger partial charge in [-0.1, -0.05) is 32.6 Å². The zero-order chi connectivity index (χ0) is 16.9. The van der Waals surface area contributed by atoms with Crippen LogP contribution in [0, 0.1) is 11.8 Å². The molecule has 1 saturated carbocycles. The van der Waals surface area contributed by atoms with Crippen LogP contribution in [0.25, 0.3) is 0 Å². The molecule has 0 aromatic heterocycles. The molecule has 4 atom stereocenters. The number of rotatable bonds is 4. The molecule has 0 aromatic rings. The van der Waals surface area contributed by atoms with E-state index in [1.807, 2.05) is 7.05 Å². The predicted molar refractivity (Wildman–Crippen MR) is 102 cm³/mol. The molecule has 0 radical (unpaired) electrons. The van der Waals surface area contributed by atoms with Gasteiger partial charge in [0.1, 0.15) is 0 Å². The van der Waals surface area contributed by atoms with E-state index in [9.17, 15) is 0 Å². The summed E-state index contributed by atoms with van der Waals surface area (Å²) in [5.74, 6) is 2.87. The van der Waals surface area contributed by atoms with Crippen molar-refractivity contribution in [3.8, 4) is 0 Å². The van der Waals surface area contributed by atoms with Crippen LogP contribution in [0.4, 0.5) is 0 Å². The van der Waals surface area contributed by atoms with Crippen molar-refractivity contribution in [3.63, 3.8) is 0 Å². The second-order valence-corrected chi connectivity index (χ2v) is 8.64. The number of fused-ring (bicyclic) bond motifs is 2. The van der Waals surface area contributed by atoms with Crippen LogP contribution in [0.2, 0.25) is 0 Å². The molecule has 0 spiro atoms. The van der Waals surface area contributed by atoms with Gasteiger partial charge in [0.2, 0.25) is 0 Å². The lowest BCUT2D eigenvalue weighted by molar-refractivity contribution is 0.0526. The van der Waals surface area contributed by atoms with Crippen LogP contribution in [0.15, 0.2) is 4.99 Å². The van der Waals surface area contributed by atoms with Gasteiger partial charge in [0.15, 0.2) is 5.96 Å². The van der Waals surface area contributed by atoms with Gasteiger partial charge in [0.25, 0.3) is 0 Å². The van der Waals surface area contributed by atoms with Crippen LogP contribution in [0.3, 0.4) is 0 Å². The summed E-state index contributed by atoms with van der Waals surface area (Å²) >= 11 is 0. The molecule has 2 aliphatic heterocycles. The van der Waals surface area contributed by atoms with Crippen LogP contribution in [0.5, 0.6) is 0 Å². The molecular weight excluding hydrogens is 296 g/mol. The van der Waals surface area contributed by atoms with Crippen molar-refractivity contribution in [3.05, 3.63) is 0 Å². The van der Waals surface area contributed by atoms with Gasteiger partial charge in [-0.2, -0.15) is 0 Å². The second-order valence-electron chi connectivity index (χ2n) is 8.64. The number of nitrogens with one attached hydrogen (secondary N) is 2. The maximum Gasteiger partial charge on any atom is 0.191 e. The molecule has 2 heterocycles. The molecule has 3 rings (SSSR count). The molecule has 3 aliphatic rings. The number of piperidine rings is 2. The Labute approximate surface area is 148 Å². The molecule has 1 aliphatic carbocycles. The summed E-state index contributed by atoms with van der Waals surface area (Å²) in [4.78, 5) is 7.10. The zero-order valence-electron chi connectivity index (χ0n) is 16.1. The van der Waals surface area contributed by atoms with Crippen molar-refractivity contribution >= 4 is 5.96 Å². The minimum absolute atomic E-state index is 0.595. The van der Waals surface area contributed by atoms with Crippen molar-refractivity contribution in [1.82, 2.24) is 15.5 Å².